The molecule has 1 N–H and O–H groups in total. The molecule has 7 heteroatoms. The molecule has 4 nitrogen and oxygen atoms in total. The molecule has 19 heavy (non-hydrogen) atoms. The molecule has 1 heterocycles. The van der Waals surface area contributed by atoms with Crippen molar-refractivity contribution in [2.45, 2.75) is 31.9 Å². The molecule has 0 saturated carbocycles. The molecule has 0 aromatic rings. The number of nitrogens with zero attached hydrogens (tertiary/aromatic N) is 1. The molecule has 1 fully saturated rings. The molecule has 114 valence electrons. The van der Waals surface area contributed by atoms with Crippen molar-refractivity contribution in [1.82, 2.24) is 10.2 Å². The van der Waals surface area contributed by atoms with Gasteiger partial charge in [-0.15, -0.1) is 0 Å². The van der Waals surface area contributed by atoms with Crippen LogP contribution >= 0.6 is 0 Å². The summed E-state index contributed by atoms with van der Waals surface area (Å²) in [5.41, 5.74) is 0. The van der Waals surface area contributed by atoms with Crippen LogP contribution in [0.3, 0.4) is 0 Å². The maximum Gasteiger partial charge on any atom is 0.401 e. The lowest BCUT2D eigenvalue weighted by molar-refractivity contribution is -0.143. The van der Waals surface area contributed by atoms with Crippen molar-refractivity contribution in [3.8, 4) is 0 Å². The third-order valence-electron chi connectivity index (χ3n) is 3.37. The molecule has 0 aliphatic carbocycles. The van der Waals surface area contributed by atoms with Crippen LogP contribution in [0.4, 0.5) is 13.2 Å². The Bertz CT molecular complexity index is 260. The second kappa shape index (κ2) is 7.42. The number of nitrogens with one attached hydrogen (secondary N) is 1. The van der Waals surface area contributed by atoms with Crippen LogP contribution in [0.15, 0.2) is 0 Å². The lowest BCUT2D eigenvalue weighted by Gasteiger charge is -2.24. The van der Waals surface area contributed by atoms with Gasteiger partial charge in [0, 0.05) is 20.8 Å². The van der Waals surface area contributed by atoms with Gasteiger partial charge in [0.25, 0.3) is 0 Å². The van der Waals surface area contributed by atoms with Crippen LogP contribution in [-0.4, -0.2) is 63.8 Å². The third-order valence-corrected chi connectivity index (χ3v) is 3.37. The summed E-state index contributed by atoms with van der Waals surface area (Å²) in [6.45, 7) is 2.80. The number of methoxy groups -OCH3 is 2. The fourth-order valence-corrected chi connectivity index (χ4v) is 2.43. The SMILES string of the molecule is COC(OC)C(C)NCC1CCN(CC(F)(F)F)C1. The zero-order valence-electron chi connectivity index (χ0n) is 11.7. The standard InChI is InChI=1S/C12H23F3N2O2/c1-9(11(18-2)19-3)16-6-10-4-5-17(7-10)8-12(13,14)15/h9-11,16H,4-8H2,1-3H3. The van der Waals surface area contributed by atoms with Crippen molar-refractivity contribution in [1.29, 1.82) is 0 Å². The minimum atomic E-state index is -4.10. The first-order valence-corrected chi connectivity index (χ1v) is 6.43. The summed E-state index contributed by atoms with van der Waals surface area (Å²) in [7, 11) is 3.12. The van der Waals surface area contributed by atoms with Crippen molar-refractivity contribution in [2.24, 2.45) is 5.92 Å². The Kier molecular flexibility index (Phi) is 6.52. The number of alkyl halides is 3. The van der Waals surface area contributed by atoms with Crippen molar-refractivity contribution in [3.05, 3.63) is 0 Å². The van der Waals surface area contributed by atoms with Gasteiger partial charge in [-0.05, 0) is 32.4 Å². The van der Waals surface area contributed by atoms with E-state index in [1.54, 1.807) is 14.2 Å². The van der Waals surface area contributed by atoms with Crippen LogP contribution < -0.4 is 5.32 Å². The van der Waals surface area contributed by atoms with E-state index in [9.17, 15) is 13.2 Å². The molecule has 0 aromatic heterocycles. The fraction of sp³-hybridized carbons (Fsp3) is 1.00. The van der Waals surface area contributed by atoms with E-state index in [1.807, 2.05) is 6.92 Å². The molecular weight excluding hydrogens is 261 g/mol. The Labute approximate surface area is 112 Å². The Morgan fingerprint density at radius 3 is 2.47 bits per heavy atom. The molecule has 0 aromatic carbocycles. The molecule has 0 spiro atoms. The first kappa shape index (κ1) is 16.7. The highest BCUT2D eigenvalue weighted by Gasteiger charge is 2.34. The van der Waals surface area contributed by atoms with Crippen molar-refractivity contribution in [3.63, 3.8) is 0 Å². The maximum atomic E-state index is 12.3. The molecule has 0 amide bonds. The quantitative estimate of drug-likeness (QED) is 0.718. The van der Waals surface area contributed by atoms with E-state index in [-0.39, 0.29) is 18.2 Å². The van der Waals surface area contributed by atoms with Crippen LogP contribution in [0.5, 0.6) is 0 Å². The lowest BCUT2D eigenvalue weighted by atomic mass is 10.1. The first-order valence-electron chi connectivity index (χ1n) is 6.43. The number of hydrogen-bond donors (Lipinski definition) is 1. The number of likely N-dealkylation sites (tertiary alicyclic amines) is 1. The van der Waals surface area contributed by atoms with Gasteiger partial charge >= 0.3 is 6.18 Å². The van der Waals surface area contributed by atoms with Gasteiger partial charge in [0.05, 0.1) is 12.6 Å². The van der Waals surface area contributed by atoms with Crippen molar-refractivity contribution >= 4 is 0 Å². The number of rotatable bonds is 7. The zero-order valence-corrected chi connectivity index (χ0v) is 11.7. The average Bonchev–Trinajstić information content (AvgIpc) is 2.73. The smallest absolute Gasteiger partial charge is 0.354 e. The van der Waals surface area contributed by atoms with Crippen LogP contribution in [0.25, 0.3) is 0 Å². The third kappa shape index (κ3) is 6.07. The van der Waals surface area contributed by atoms with Gasteiger partial charge in [-0.3, -0.25) is 4.90 Å². The summed E-state index contributed by atoms with van der Waals surface area (Å²) < 4.78 is 47.0. The minimum absolute atomic E-state index is 0.00617. The second-order valence-corrected chi connectivity index (χ2v) is 5.04. The first-order chi connectivity index (χ1) is 8.85. The highest BCUT2D eigenvalue weighted by Crippen LogP contribution is 2.22. The predicted octanol–water partition coefficient (Wildman–Crippen LogP) is 1.47. The summed E-state index contributed by atoms with van der Waals surface area (Å²) in [5.74, 6) is 0.249. The lowest BCUT2D eigenvalue weighted by Crippen LogP contribution is -2.42. The molecular formula is C12H23F3N2O2. The van der Waals surface area contributed by atoms with Crippen LogP contribution in [0.2, 0.25) is 0 Å². The zero-order chi connectivity index (χ0) is 14.5. The van der Waals surface area contributed by atoms with Gasteiger partial charge < -0.3 is 14.8 Å². The maximum absolute atomic E-state index is 12.3. The number of hydrogen-bond acceptors (Lipinski definition) is 4. The number of halogens is 3. The van der Waals surface area contributed by atoms with Gasteiger partial charge in [-0.1, -0.05) is 0 Å². The van der Waals surface area contributed by atoms with Crippen LogP contribution in [0.1, 0.15) is 13.3 Å². The van der Waals surface area contributed by atoms with Gasteiger partial charge in [0.1, 0.15) is 0 Å². The summed E-state index contributed by atoms with van der Waals surface area (Å²) in [5, 5.41) is 3.25. The van der Waals surface area contributed by atoms with E-state index < -0.39 is 12.7 Å². The van der Waals surface area contributed by atoms with E-state index in [1.165, 1.54) is 4.90 Å². The van der Waals surface area contributed by atoms with Crippen molar-refractivity contribution < 1.29 is 22.6 Å². The van der Waals surface area contributed by atoms with E-state index >= 15 is 0 Å². The minimum Gasteiger partial charge on any atom is -0.354 e. The molecule has 1 aliphatic heterocycles. The summed E-state index contributed by atoms with van der Waals surface area (Å²) in [4.78, 5) is 1.46. The van der Waals surface area contributed by atoms with Crippen molar-refractivity contribution in [2.75, 3.05) is 40.4 Å². The predicted molar refractivity (Wildman–Crippen MR) is 65.9 cm³/mol. The average molecular weight is 284 g/mol. The van der Waals surface area contributed by atoms with E-state index in [2.05, 4.69) is 5.32 Å². The van der Waals surface area contributed by atoms with Gasteiger partial charge in [0.15, 0.2) is 6.29 Å². The Balaban J connectivity index is 2.25. The molecule has 0 radical (unpaired) electrons. The molecule has 1 aliphatic rings. The summed E-state index contributed by atoms with van der Waals surface area (Å²) in [6.07, 6.45) is -3.65. The van der Waals surface area contributed by atoms with Crippen LogP contribution in [-0.2, 0) is 9.47 Å². The van der Waals surface area contributed by atoms with Crippen LogP contribution in [0, 0.1) is 5.92 Å². The topological polar surface area (TPSA) is 33.7 Å². The normalized spacial score (nSPS) is 23.2. The highest BCUT2D eigenvalue weighted by atomic mass is 19.4. The largest absolute Gasteiger partial charge is 0.401 e. The van der Waals surface area contributed by atoms with Gasteiger partial charge in [-0.2, -0.15) is 13.2 Å². The Morgan fingerprint density at radius 1 is 1.32 bits per heavy atom. The molecule has 1 rings (SSSR count). The monoisotopic (exact) mass is 284 g/mol. The Hall–Kier alpha value is -0.370. The van der Waals surface area contributed by atoms with Gasteiger partial charge in [-0.25, -0.2) is 0 Å². The molecule has 0 bridgehead atoms. The van der Waals surface area contributed by atoms with E-state index in [4.69, 9.17) is 9.47 Å². The highest BCUT2D eigenvalue weighted by molar-refractivity contribution is 4.80. The van der Waals surface area contributed by atoms with E-state index in [0.717, 1.165) is 6.42 Å². The molecule has 1 saturated heterocycles. The van der Waals surface area contributed by atoms with E-state index in [0.29, 0.717) is 19.6 Å². The van der Waals surface area contributed by atoms with Gasteiger partial charge in [0.2, 0.25) is 0 Å². The summed E-state index contributed by atoms with van der Waals surface area (Å²) in [6, 6.07) is 0.00617. The summed E-state index contributed by atoms with van der Waals surface area (Å²) >= 11 is 0. The second-order valence-electron chi connectivity index (χ2n) is 5.04. The molecule has 2 unspecified atom stereocenters. The fourth-order valence-electron chi connectivity index (χ4n) is 2.43. The Morgan fingerprint density at radius 2 is 1.95 bits per heavy atom. The molecule has 2 atom stereocenters. The number of ether oxygens (including phenoxy) is 2.